The van der Waals surface area contributed by atoms with Crippen molar-refractivity contribution in [3.63, 3.8) is 0 Å². The smallest absolute Gasteiger partial charge is 0.111 e. The fourth-order valence-electron chi connectivity index (χ4n) is 1.60. The summed E-state index contributed by atoms with van der Waals surface area (Å²) in [5.41, 5.74) is 1.15. The maximum Gasteiger partial charge on any atom is 0.111 e. The number of hydrogen-bond acceptors (Lipinski definition) is 1. The van der Waals surface area contributed by atoms with Gasteiger partial charge in [-0.05, 0) is 13.3 Å². The van der Waals surface area contributed by atoms with Crippen LogP contribution in [-0.2, 0) is 6.54 Å². The number of nitrogens with zero attached hydrogens (tertiary/aromatic N) is 2. The van der Waals surface area contributed by atoms with E-state index < -0.39 is 0 Å². The van der Waals surface area contributed by atoms with Crippen LogP contribution in [0.2, 0.25) is 0 Å². The first-order valence-electron chi connectivity index (χ1n) is 3.81. The highest BCUT2D eigenvalue weighted by atomic mass is 15.1. The Hall–Kier alpha value is -0.790. The highest BCUT2D eigenvalue weighted by molar-refractivity contribution is 5.09. The molecule has 0 fully saturated rings. The Morgan fingerprint density at radius 1 is 1.70 bits per heavy atom. The predicted molar refractivity (Wildman–Crippen MR) is 40.0 cm³/mol. The zero-order valence-corrected chi connectivity index (χ0v) is 6.46. The first kappa shape index (κ1) is 5.96. The van der Waals surface area contributed by atoms with Gasteiger partial charge in [0.2, 0.25) is 0 Å². The van der Waals surface area contributed by atoms with E-state index in [0.717, 1.165) is 12.2 Å². The zero-order chi connectivity index (χ0) is 7.14. The molecular weight excluding hydrogens is 124 g/mol. The summed E-state index contributed by atoms with van der Waals surface area (Å²) in [7, 11) is 0. The Morgan fingerprint density at radius 3 is 3.20 bits per heavy atom. The van der Waals surface area contributed by atoms with Gasteiger partial charge in [-0.25, -0.2) is 4.98 Å². The molecule has 0 bridgehead atoms. The summed E-state index contributed by atoms with van der Waals surface area (Å²) in [4.78, 5) is 4.44. The minimum atomic E-state index is 0.675. The molecule has 10 heavy (non-hydrogen) atoms. The Balaban J connectivity index is 2.49. The average Bonchev–Trinajstić information content (AvgIpc) is 2.35. The third-order valence-electron chi connectivity index (χ3n) is 2.17. The molecule has 1 aromatic heterocycles. The van der Waals surface area contributed by atoms with E-state index in [4.69, 9.17) is 0 Å². The molecule has 0 aliphatic carbocycles. The van der Waals surface area contributed by atoms with Gasteiger partial charge in [0, 0.05) is 18.7 Å². The van der Waals surface area contributed by atoms with Gasteiger partial charge in [0.05, 0.1) is 5.69 Å². The monoisotopic (exact) mass is 136 g/mol. The Morgan fingerprint density at radius 2 is 2.50 bits per heavy atom. The molecule has 1 aromatic rings. The van der Waals surface area contributed by atoms with Gasteiger partial charge in [0.1, 0.15) is 5.82 Å². The molecular formula is C8H12N2. The summed E-state index contributed by atoms with van der Waals surface area (Å²) >= 11 is 0. The van der Waals surface area contributed by atoms with Gasteiger partial charge in [0.15, 0.2) is 0 Å². The largest absolute Gasteiger partial charge is 0.334 e. The predicted octanol–water partition coefficient (Wildman–Crippen LogP) is 1.70. The normalized spacial score (nSPS) is 23.2. The maximum absolute atomic E-state index is 4.44. The van der Waals surface area contributed by atoms with Crippen LogP contribution in [0.25, 0.3) is 0 Å². The second kappa shape index (κ2) is 1.84. The molecule has 0 saturated heterocycles. The Bertz CT molecular complexity index is 250. The van der Waals surface area contributed by atoms with Crippen molar-refractivity contribution in [2.75, 3.05) is 0 Å². The van der Waals surface area contributed by atoms with Crippen molar-refractivity contribution in [1.82, 2.24) is 9.55 Å². The standard InChI is InChI=1S/C8H12N2/c1-6-3-4-10-5-7(2)9-8(6)10/h5-6H,3-4H2,1-2H3. The lowest BCUT2D eigenvalue weighted by Crippen LogP contribution is -1.90. The highest BCUT2D eigenvalue weighted by Crippen LogP contribution is 2.25. The van der Waals surface area contributed by atoms with E-state index in [1.165, 1.54) is 12.2 Å². The van der Waals surface area contributed by atoms with E-state index >= 15 is 0 Å². The lowest BCUT2D eigenvalue weighted by Gasteiger charge is -1.94. The lowest BCUT2D eigenvalue weighted by molar-refractivity contribution is 0.698. The fourth-order valence-corrected chi connectivity index (χ4v) is 1.60. The number of hydrogen-bond donors (Lipinski definition) is 0. The zero-order valence-electron chi connectivity index (χ0n) is 6.46. The van der Waals surface area contributed by atoms with Gasteiger partial charge >= 0.3 is 0 Å². The Labute approximate surface area is 60.9 Å². The third-order valence-corrected chi connectivity index (χ3v) is 2.17. The van der Waals surface area contributed by atoms with Crippen LogP contribution in [0.4, 0.5) is 0 Å². The van der Waals surface area contributed by atoms with E-state index in [-0.39, 0.29) is 0 Å². The van der Waals surface area contributed by atoms with Gasteiger partial charge in [-0.2, -0.15) is 0 Å². The molecule has 2 heteroatoms. The third kappa shape index (κ3) is 0.681. The van der Waals surface area contributed by atoms with Crippen LogP contribution < -0.4 is 0 Å². The van der Waals surface area contributed by atoms with Gasteiger partial charge in [-0.3, -0.25) is 0 Å². The molecule has 2 nitrogen and oxygen atoms in total. The van der Waals surface area contributed by atoms with Crippen molar-refractivity contribution >= 4 is 0 Å². The molecule has 1 atom stereocenters. The van der Waals surface area contributed by atoms with Crippen LogP contribution in [0.3, 0.4) is 0 Å². The van der Waals surface area contributed by atoms with Gasteiger partial charge in [-0.1, -0.05) is 6.92 Å². The molecule has 54 valence electrons. The fraction of sp³-hybridized carbons (Fsp3) is 0.625. The number of aryl methyl sites for hydroxylation is 2. The average molecular weight is 136 g/mol. The molecule has 0 saturated carbocycles. The number of imidazole rings is 1. The van der Waals surface area contributed by atoms with Crippen molar-refractivity contribution in [3.05, 3.63) is 17.7 Å². The topological polar surface area (TPSA) is 17.8 Å². The molecule has 0 amide bonds. The molecule has 1 aliphatic heterocycles. The van der Waals surface area contributed by atoms with Gasteiger partial charge in [0.25, 0.3) is 0 Å². The van der Waals surface area contributed by atoms with Crippen molar-refractivity contribution in [2.24, 2.45) is 0 Å². The molecule has 0 radical (unpaired) electrons. The van der Waals surface area contributed by atoms with Crippen LogP contribution in [0, 0.1) is 6.92 Å². The molecule has 2 heterocycles. The summed E-state index contributed by atoms with van der Waals surface area (Å²) in [5.74, 6) is 1.95. The van der Waals surface area contributed by atoms with E-state index in [9.17, 15) is 0 Å². The number of aromatic nitrogens is 2. The van der Waals surface area contributed by atoms with Crippen LogP contribution in [0.5, 0.6) is 0 Å². The summed E-state index contributed by atoms with van der Waals surface area (Å²) < 4.78 is 2.26. The molecule has 0 spiro atoms. The number of fused-ring (bicyclic) bond motifs is 1. The first-order valence-corrected chi connectivity index (χ1v) is 3.81. The molecule has 0 aromatic carbocycles. The van der Waals surface area contributed by atoms with Crippen molar-refractivity contribution in [2.45, 2.75) is 32.7 Å². The van der Waals surface area contributed by atoms with Crippen LogP contribution in [0.15, 0.2) is 6.20 Å². The molecule has 1 aliphatic rings. The van der Waals surface area contributed by atoms with Crippen LogP contribution in [-0.4, -0.2) is 9.55 Å². The van der Waals surface area contributed by atoms with E-state index in [2.05, 4.69) is 29.6 Å². The second-order valence-electron chi connectivity index (χ2n) is 3.12. The van der Waals surface area contributed by atoms with E-state index in [0.29, 0.717) is 5.92 Å². The molecule has 0 N–H and O–H groups in total. The number of rotatable bonds is 0. The summed E-state index contributed by atoms with van der Waals surface area (Å²) in [6.07, 6.45) is 3.40. The summed E-state index contributed by atoms with van der Waals surface area (Å²) in [6.45, 7) is 5.46. The molecule has 1 unspecified atom stereocenters. The minimum Gasteiger partial charge on any atom is -0.334 e. The van der Waals surface area contributed by atoms with Crippen LogP contribution in [0.1, 0.15) is 30.8 Å². The summed E-state index contributed by atoms with van der Waals surface area (Å²) in [5, 5.41) is 0. The van der Waals surface area contributed by atoms with E-state index in [1.807, 2.05) is 0 Å². The summed E-state index contributed by atoms with van der Waals surface area (Å²) in [6, 6.07) is 0. The highest BCUT2D eigenvalue weighted by Gasteiger charge is 2.19. The molecule has 2 rings (SSSR count). The minimum absolute atomic E-state index is 0.675. The SMILES string of the molecule is Cc1cn2c(n1)C(C)CC2. The van der Waals surface area contributed by atoms with Crippen molar-refractivity contribution in [1.29, 1.82) is 0 Å². The van der Waals surface area contributed by atoms with Crippen LogP contribution >= 0.6 is 0 Å². The Kier molecular flexibility index (Phi) is 1.10. The van der Waals surface area contributed by atoms with Gasteiger partial charge in [-0.15, -0.1) is 0 Å². The van der Waals surface area contributed by atoms with Crippen molar-refractivity contribution in [3.8, 4) is 0 Å². The van der Waals surface area contributed by atoms with Crippen molar-refractivity contribution < 1.29 is 0 Å². The quantitative estimate of drug-likeness (QED) is 0.530. The first-order chi connectivity index (χ1) is 4.77. The van der Waals surface area contributed by atoms with E-state index in [1.54, 1.807) is 0 Å². The second-order valence-corrected chi connectivity index (χ2v) is 3.12. The van der Waals surface area contributed by atoms with Gasteiger partial charge < -0.3 is 4.57 Å². The lowest BCUT2D eigenvalue weighted by atomic mass is 10.1. The maximum atomic E-state index is 4.44.